The summed E-state index contributed by atoms with van der Waals surface area (Å²) >= 11 is 12.3. The Morgan fingerprint density at radius 2 is 1.79 bits per heavy atom. The lowest BCUT2D eigenvalue weighted by Gasteiger charge is -2.28. The number of thiocarbonyl (C=S) groups is 1. The van der Waals surface area contributed by atoms with Gasteiger partial charge in [-0.25, -0.2) is 0 Å². The minimum Gasteiger partial charge on any atom is -0.352 e. The first-order chi connectivity index (χ1) is 16.5. The number of pyridine rings is 2. The van der Waals surface area contributed by atoms with Gasteiger partial charge in [0.1, 0.15) is 0 Å². The molecule has 172 valence electrons. The van der Waals surface area contributed by atoms with E-state index < -0.39 is 0 Å². The highest BCUT2D eigenvalue weighted by Crippen LogP contribution is 2.42. The van der Waals surface area contributed by atoms with Crippen LogP contribution >= 0.6 is 23.8 Å². The quantitative estimate of drug-likeness (QED) is 0.349. The van der Waals surface area contributed by atoms with E-state index in [0.29, 0.717) is 6.54 Å². The number of aryl methyl sites for hydroxylation is 1. The highest BCUT2D eigenvalue weighted by atomic mass is 35.5. The Kier molecular flexibility index (Phi) is 6.11. The standard InChI is InChI=1S/C27H26ClN5S/c1-17-15-21(19(3)33(17)24-9-6-7-22(28)18(24)2)26-25(23-8-4-5-12-30-23)31-27(34)32(26)16-20-10-13-29-14-11-20/h4-15,25-26H,16H2,1-3H3,(H,31,34)/t25-,26-/m0/s1. The molecule has 1 aromatic carbocycles. The molecule has 1 aliphatic heterocycles. The maximum absolute atomic E-state index is 6.48. The minimum absolute atomic E-state index is 0.0185. The third-order valence-electron chi connectivity index (χ3n) is 6.57. The van der Waals surface area contributed by atoms with Crippen molar-refractivity contribution in [1.82, 2.24) is 24.8 Å². The molecule has 0 aliphatic carbocycles. The molecule has 0 saturated carbocycles. The fourth-order valence-electron chi connectivity index (χ4n) is 4.90. The smallest absolute Gasteiger partial charge is 0.170 e. The van der Waals surface area contributed by atoms with Crippen LogP contribution in [0.15, 0.2) is 73.2 Å². The predicted molar refractivity (Wildman–Crippen MR) is 140 cm³/mol. The van der Waals surface area contributed by atoms with E-state index in [1.165, 1.54) is 11.3 Å². The first-order valence-corrected chi connectivity index (χ1v) is 12.1. The van der Waals surface area contributed by atoms with Gasteiger partial charge < -0.3 is 14.8 Å². The molecule has 0 radical (unpaired) electrons. The van der Waals surface area contributed by atoms with E-state index in [2.05, 4.69) is 63.7 Å². The molecular weight excluding hydrogens is 462 g/mol. The molecule has 1 aliphatic rings. The van der Waals surface area contributed by atoms with Gasteiger partial charge in [-0.2, -0.15) is 0 Å². The lowest BCUT2D eigenvalue weighted by Crippen LogP contribution is -2.29. The molecule has 0 amide bonds. The number of nitrogens with one attached hydrogen (secondary N) is 1. The summed E-state index contributed by atoms with van der Waals surface area (Å²) in [6.07, 6.45) is 5.48. The SMILES string of the molecule is Cc1c(Cl)cccc1-n1c(C)cc([C@H]2[C@H](c3ccccn3)NC(=S)N2Cc2ccncc2)c1C. The van der Waals surface area contributed by atoms with Crippen LogP contribution in [0, 0.1) is 20.8 Å². The van der Waals surface area contributed by atoms with Gasteiger partial charge in [-0.05, 0) is 92.1 Å². The second-order valence-corrected chi connectivity index (χ2v) is 9.45. The van der Waals surface area contributed by atoms with Crippen LogP contribution in [0.1, 0.15) is 45.9 Å². The summed E-state index contributed by atoms with van der Waals surface area (Å²) in [4.78, 5) is 11.1. The number of nitrogens with zero attached hydrogens (tertiary/aromatic N) is 4. The van der Waals surface area contributed by atoms with Crippen molar-refractivity contribution in [1.29, 1.82) is 0 Å². The number of halogens is 1. The lowest BCUT2D eigenvalue weighted by molar-refractivity contribution is 0.310. The van der Waals surface area contributed by atoms with Gasteiger partial charge >= 0.3 is 0 Å². The molecule has 1 N–H and O–H groups in total. The fraction of sp³-hybridized carbons (Fsp3) is 0.222. The van der Waals surface area contributed by atoms with Crippen LogP contribution in [0.5, 0.6) is 0 Å². The summed E-state index contributed by atoms with van der Waals surface area (Å²) in [5.41, 5.74) is 7.82. The van der Waals surface area contributed by atoms with Crippen molar-refractivity contribution in [3.8, 4) is 5.69 Å². The highest BCUT2D eigenvalue weighted by Gasteiger charge is 2.41. The number of benzene rings is 1. The molecule has 1 saturated heterocycles. The van der Waals surface area contributed by atoms with Gasteiger partial charge in [0.05, 0.1) is 17.8 Å². The average Bonchev–Trinajstić information content (AvgIpc) is 3.32. The van der Waals surface area contributed by atoms with Gasteiger partial charge in [0.2, 0.25) is 0 Å². The molecule has 0 unspecified atom stereocenters. The van der Waals surface area contributed by atoms with Gasteiger partial charge in [0.15, 0.2) is 5.11 Å². The summed E-state index contributed by atoms with van der Waals surface area (Å²) < 4.78 is 2.29. The van der Waals surface area contributed by atoms with Crippen LogP contribution in [0.25, 0.3) is 5.69 Å². The Bertz CT molecular complexity index is 1340. The molecule has 2 atom stereocenters. The zero-order valence-electron chi connectivity index (χ0n) is 19.4. The Hall–Kier alpha value is -3.22. The van der Waals surface area contributed by atoms with E-state index in [1.54, 1.807) is 0 Å². The summed E-state index contributed by atoms with van der Waals surface area (Å²) in [5.74, 6) is 0. The van der Waals surface area contributed by atoms with E-state index >= 15 is 0 Å². The van der Waals surface area contributed by atoms with Crippen molar-refractivity contribution in [3.63, 3.8) is 0 Å². The van der Waals surface area contributed by atoms with Crippen LogP contribution in [0.4, 0.5) is 0 Å². The minimum atomic E-state index is -0.0649. The summed E-state index contributed by atoms with van der Waals surface area (Å²) in [6, 6.07) is 18.3. The topological polar surface area (TPSA) is 46.0 Å². The van der Waals surface area contributed by atoms with Crippen LogP contribution in [0.2, 0.25) is 5.02 Å². The van der Waals surface area contributed by atoms with E-state index in [1.807, 2.05) is 55.0 Å². The Labute approximate surface area is 210 Å². The number of aromatic nitrogens is 3. The van der Waals surface area contributed by atoms with E-state index in [4.69, 9.17) is 23.8 Å². The van der Waals surface area contributed by atoms with Crippen LogP contribution in [-0.4, -0.2) is 24.5 Å². The van der Waals surface area contributed by atoms with Crippen molar-refractivity contribution >= 4 is 28.9 Å². The largest absolute Gasteiger partial charge is 0.352 e. The summed E-state index contributed by atoms with van der Waals surface area (Å²) in [5, 5.41) is 5.04. The molecule has 7 heteroatoms. The second-order valence-electron chi connectivity index (χ2n) is 8.66. The van der Waals surface area contributed by atoms with Crippen LogP contribution < -0.4 is 5.32 Å². The summed E-state index contributed by atoms with van der Waals surface area (Å²) in [6.45, 7) is 7.06. The van der Waals surface area contributed by atoms with Gasteiger partial charge in [-0.3, -0.25) is 9.97 Å². The molecule has 0 bridgehead atoms. The first kappa shape index (κ1) is 22.6. The molecule has 34 heavy (non-hydrogen) atoms. The van der Waals surface area contributed by atoms with Crippen molar-refractivity contribution in [2.45, 2.75) is 39.4 Å². The van der Waals surface area contributed by atoms with Gasteiger partial charge in [-0.1, -0.05) is 23.7 Å². The third-order valence-corrected chi connectivity index (χ3v) is 7.33. The van der Waals surface area contributed by atoms with Crippen molar-refractivity contribution in [3.05, 3.63) is 112 Å². The molecule has 5 rings (SSSR count). The van der Waals surface area contributed by atoms with Crippen molar-refractivity contribution in [2.24, 2.45) is 0 Å². The molecule has 4 aromatic rings. The number of hydrogen-bond donors (Lipinski definition) is 1. The van der Waals surface area contributed by atoms with E-state index in [9.17, 15) is 0 Å². The van der Waals surface area contributed by atoms with Gasteiger partial charge in [-0.15, -0.1) is 0 Å². The van der Waals surface area contributed by atoms with E-state index in [-0.39, 0.29) is 12.1 Å². The number of hydrogen-bond acceptors (Lipinski definition) is 3. The first-order valence-electron chi connectivity index (χ1n) is 11.3. The molecular formula is C27H26ClN5S. The Morgan fingerprint density at radius 1 is 1.00 bits per heavy atom. The van der Waals surface area contributed by atoms with Crippen molar-refractivity contribution < 1.29 is 0 Å². The average molecular weight is 488 g/mol. The molecule has 0 spiro atoms. The monoisotopic (exact) mass is 487 g/mol. The summed E-state index contributed by atoms with van der Waals surface area (Å²) in [7, 11) is 0. The van der Waals surface area contributed by atoms with Gasteiger partial charge in [0, 0.05) is 47.2 Å². The van der Waals surface area contributed by atoms with Gasteiger partial charge in [0.25, 0.3) is 0 Å². The van der Waals surface area contributed by atoms with E-state index in [0.717, 1.165) is 38.3 Å². The fourth-order valence-corrected chi connectivity index (χ4v) is 5.37. The second kappa shape index (κ2) is 9.20. The molecule has 3 aromatic heterocycles. The zero-order chi connectivity index (χ0) is 23.8. The zero-order valence-corrected chi connectivity index (χ0v) is 20.9. The number of rotatable bonds is 5. The normalized spacial score (nSPS) is 17.8. The lowest BCUT2D eigenvalue weighted by atomic mass is 9.96. The van der Waals surface area contributed by atoms with Crippen LogP contribution in [0.3, 0.4) is 0 Å². The molecule has 5 nitrogen and oxygen atoms in total. The maximum atomic E-state index is 6.48. The maximum Gasteiger partial charge on any atom is 0.170 e. The predicted octanol–water partition coefficient (Wildman–Crippen LogP) is 6.02. The molecule has 4 heterocycles. The molecule has 1 fully saturated rings. The van der Waals surface area contributed by atoms with Crippen molar-refractivity contribution in [2.75, 3.05) is 0 Å². The third kappa shape index (κ3) is 3.97. The highest BCUT2D eigenvalue weighted by molar-refractivity contribution is 7.80. The Balaban J connectivity index is 1.64. The van der Waals surface area contributed by atoms with Crippen LogP contribution in [-0.2, 0) is 6.54 Å². The Morgan fingerprint density at radius 3 is 2.53 bits per heavy atom.